The second kappa shape index (κ2) is 7.04. The summed E-state index contributed by atoms with van der Waals surface area (Å²) in [7, 11) is 0. The van der Waals surface area contributed by atoms with E-state index in [9.17, 15) is 4.79 Å². The zero-order chi connectivity index (χ0) is 14.5. The van der Waals surface area contributed by atoms with Gasteiger partial charge in [0.05, 0.1) is 5.56 Å². The SMILES string of the molecule is CCCc1ccc(NC(=O)c2ccc(Br)cc2Br)cc1. The van der Waals surface area contributed by atoms with Crippen LogP contribution in [0.1, 0.15) is 29.3 Å². The highest BCUT2D eigenvalue weighted by Crippen LogP contribution is 2.23. The van der Waals surface area contributed by atoms with Gasteiger partial charge in [-0.1, -0.05) is 41.4 Å². The van der Waals surface area contributed by atoms with E-state index in [4.69, 9.17) is 0 Å². The Labute approximate surface area is 135 Å². The molecular formula is C16H15Br2NO. The summed E-state index contributed by atoms with van der Waals surface area (Å²) < 4.78 is 1.71. The molecule has 20 heavy (non-hydrogen) atoms. The lowest BCUT2D eigenvalue weighted by atomic mass is 10.1. The molecule has 0 radical (unpaired) electrons. The Balaban J connectivity index is 2.11. The quantitative estimate of drug-likeness (QED) is 0.734. The molecule has 0 spiro atoms. The van der Waals surface area contributed by atoms with Crippen molar-refractivity contribution in [2.24, 2.45) is 0 Å². The van der Waals surface area contributed by atoms with E-state index in [0.717, 1.165) is 27.5 Å². The molecule has 0 aliphatic heterocycles. The third-order valence-electron chi connectivity index (χ3n) is 2.93. The maximum absolute atomic E-state index is 12.2. The molecule has 0 saturated carbocycles. The minimum Gasteiger partial charge on any atom is -0.322 e. The zero-order valence-corrected chi connectivity index (χ0v) is 14.3. The van der Waals surface area contributed by atoms with Crippen molar-refractivity contribution >= 4 is 43.5 Å². The van der Waals surface area contributed by atoms with Gasteiger partial charge in [-0.05, 0) is 58.2 Å². The van der Waals surface area contributed by atoms with Crippen molar-refractivity contribution in [3.05, 3.63) is 62.5 Å². The van der Waals surface area contributed by atoms with E-state index in [1.165, 1.54) is 5.56 Å². The van der Waals surface area contributed by atoms with E-state index in [2.05, 4.69) is 56.2 Å². The second-order valence-electron chi connectivity index (χ2n) is 4.53. The number of rotatable bonds is 4. The van der Waals surface area contributed by atoms with Crippen LogP contribution < -0.4 is 5.32 Å². The molecule has 2 aromatic carbocycles. The van der Waals surface area contributed by atoms with Gasteiger partial charge < -0.3 is 5.32 Å². The molecular weight excluding hydrogens is 382 g/mol. The molecule has 0 heterocycles. The van der Waals surface area contributed by atoms with E-state index in [1.54, 1.807) is 6.07 Å². The number of halogens is 2. The number of hydrogen-bond donors (Lipinski definition) is 1. The van der Waals surface area contributed by atoms with Gasteiger partial charge in [0.1, 0.15) is 0 Å². The van der Waals surface area contributed by atoms with E-state index in [0.29, 0.717) is 5.56 Å². The highest BCUT2D eigenvalue weighted by Gasteiger charge is 2.10. The summed E-state index contributed by atoms with van der Waals surface area (Å²) in [6, 6.07) is 13.5. The lowest BCUT2D eigenvalue weighted by Crippen LogP contribution is -2.12. The average molecular weight is 397 g/mol. The highest BCUT2D eigenvalue weighted by molar-refractivity contribution is 9.11. The molecule has 0 aliphatic carbocycles. The number of benzene rings is 2. The van der Waals surface area contributed by atoms with Gasteiger partial charge >= 0.3 is 0 Å². The first-order valence-corrected chi connectivity index (χ1v) is 8.04. The molecule has 0 unspecified atom stereocenters. The van der Waals surface area contributed by atoms with E-state index >= 15 is 0 Å². The number of aryl methyl sites for hydroxylation is 1. The Morgan fingerprint density at radius 3 is 2.40 bits per heavy atom. The van der Waals surface area contributed by atoms with Crippen LogP contribution in [0.15, 0.2) is 51.4 Å². The van der Waals surface area contributed by atoms with Crippen LogP contribution in [0.2, 0.25) is 0 Å². The van der Waals surface area contributed by atoms with Crippen LogP contribution in [-0.4, -0.2) is 5.91 Å². The Morgan fingerprint density at radius 1 is 1.10 bits per heavy atom. The van der Waals surface area contributed by atoms with Gasteiger partial charge in [0.2, 0.25) is 0 Å². The summed E-state index contributed by atoms with van der Waals surface area (Å²) in [4.78, 5) is 12.2. The first-order chi connectivity index (χ1) is 9.60. The molecule has 104 valence electrons. The second-order valence-corrected chi connectivity index (χ2v) is 6.30. The standard InChI is InChI=1S/C16H15Br2NO/c1-2-3-11-4-7-13(8-5-11)19-16(20)14-9-6-12(17)10-15(14)18/h4-10H,2-3H2,1H3,(H,19,20). The number of anilines is 1. The minimum atomic E-state index is -0.118. The van der Waals surface area contributed by atoms with Crippen molar-refractivity contribution < 1.29 is 4.79 Å². The van der Waals surface area contributed by atoms with Gasteiger partial charge in [-0.25, -0.2) is 0 Å². The summed E-state index contributed by atoms with van der Waals surface area (Å²) in [5.74, 6) is -0.118. The lowest BCUT2D eigenvalue weighted by molar-refractivity contribution is 0.102. The van der Waals surface area contributed by atoms with Crippen LogP contribution >= 0.6 is 31.9 Å². The molecule has 2 rings (SSSR count). The van der Waals surface area contributed by atoms with Crippen LogP contribution in [0.3, 0.4) is 0 Å². The van der Waals surface area contributed by atoms with Gasteiger partial charge in [0.15, 0.2) is 0 Å². The Hall–Kier alpha value is -1.13. The fourth-order valence-corrected chi connectivity index (χ4v) is 3.14. The highest BCUT2D eigenvalue weighted by atomic mass is 79.9. The average Bonchev–Trinajstić information content (AvgIpc) is 2.41. The predicted octanol–water partition coefficient (Wildman–Crippen LogP) is 5.42. The van der Waals surface area contributed by atoms with Crippen molar-refractivity contribution in [3.8, 4) is 0 Å². The van der Waals surface area contributed by atoms with Gasteiger partial charge in [-0.3, -0.25) is 4.79 Å². The number of carbonyl (C=O) groups excluding carboxylic acids is 1. The fourth-order valence-electron chi connectivity index (χ4n) is 1.92. The maximum Gasteiger partial charge on any atom is 0.256 e. The van der Waals surface area contributed by atoms with Gasteiger partial charge in [-0.2, -0.15) is 0 Å². The minimum absolute atomic E-state index is 0.118. The van der Waals surface area contributed by atoms with Crippen LogP contribution in [0, 0.1) is 0 Å². The Kier molecular flexibility index (Phi) is 5.38. The molecule has 1 amide bonds. The molecule has 0 aliphatic rings. The van der Waals surface area contributed by atoms with Crippen LogP contribution in [0.5, 0.6) is 0 Å². The molecule has 0 saturated heterocycles. The maximum atomic E-state index is 12.2. The molecule has 2 aromatic rings. The monoisotopic (exact) mass is 395 g/mol. The van der Waals surface area contributed by atoms with Crippen molar-refractivity contribution in [1.29, 1.82) is 0 Å². The van der Waals surface area contributed by atoms with E-state index in [-0.39, 0.29) is 5.91 Å². The first kappa shape index (κ1) is 15.3. The first-order valence-electron chi connectivity index (χ1n) is 6.45. The molecule has 0 aromatic heterocycles. The van der Waals surface area contributed by atoms with Crippen molar-refractivity contribution in [2.45, 2.75) is 19.8 Å². The predicted molar refractivity (Wildman–Crippen MR) is 90.2 cm³/mol. The molecule has 0 fully saturated rings. The van der Waals surface area contributed by atoms with Crippen molar-refractivity contribution in [1.82, 2.24) is 0 Å². The normalized spacial score (nSPS) is 10.3. The summed E-state index contributed by atoms with van der Waals surface area (Å²) in [5, 5.41) is 2.90. The topological polar surface area (TPSA) is 29.1 Å². The summed E-state index contributed by atoms with van der Waals surface area (Å²) in [6.07, 6.45) is 2.18. The number of amides is 1. The zero-order valence-electron chi connectivity index (χ0n) is 11.1. The number of nitrogens with one attached hydrogen (secondary N) is 1. The Morgan fingerprint density at radius 2 is 1.80 bits per heavy atom. The summed E-state index contributed by atoms with van der Waals surface area (Å²) in [5.41, 5.74) is 2.71. The van der Waals surface area contributed by atoms with Crippen LogP contribution in [0.4, 0.5) is 5.69 Å². The van der Waals surface area contributed by atoms with Crippen molar-refractivity contribution in [2.75, 3.05) is 5.32 Å². The third-order valence-corrected chi connectivity index (χ3v) is 4.08. The van der Waals surface area contributed by atoms with Crippen molar-refractivity contribution in [3.63, 3.8) is 0 Å². The van der Waals surface area contributed by atoms with E-state index < -0.39 is 0 Å². The molecule has 0 atom stereocenters. The fraction of sp³-hybridized carbons (Fsp3) is 0.188. The molecule has 2 nitrogen and oxygen atoms in total. The number of carbonyl (C=O) groups is 1. The van der Waals surface area contributed by atoms with Crippen LogP contribution in [0.25, 0.3) is 0 Å². The van der Waals surface area contributed by atoms with Crippen LogP contribution in [-0.2, 0) is 6.42 Å². The third kappa shape index (κ3) is 3.93. The Bertz CT molecular complexity index is 608. The van der Waals surface area contributed by atoms with Gasteiger partial charge in [0.25, 0.3) is 5.91 Å². The summed E-state index contributed by atoms with van der Waals surface area (Å²) >= 11 is 6.78. The molecule has 1 N–H and O–H groups in total. The van der Waals surface area contributed by atoms with Gasteiger partial charge in [-0.15, -0.1) is 0 Å². The molecule has 0 bridgehead atoms. The smallest absolute Gasteiger partial charge is 0.256 e. The lowest BCUT2D eigenvalue weighted by Gasteiger charge is -2.08. The molecule has 4 heteroatoms. The number of hydrogen-bond acceptors (Lipinski definition) is 1. The van der Waals surface area contributed by atoms with Gasteiger partial charge in [0, 0.05) is 14.6 Å². The summed E-state index contributed by atoms with van der Waals surface area (Å²) in [6.45, 7) is 2.15. The largest absolute Gasteiger partial charge is 0.322 e. The van der Waals surface area contributed by atoms with E-state index in [1.807, 2.05) is 24.3 Å².